The lowest BCUT2D eigenvalue weighted by Crippen LogP contribution is -2.19. The van der Waals surface area contributed by atoms with Crippen molar-refractivity contribution in [3.05, 3.63) is 53.6 Å². The van der Waals surface area contributed by atoms with E-state index in [2.05, 4.69) is 10.6 Å². The van der Waals surface area contributed by atoms with Crippen molar-refractivity contribution in [2.75, 3.05) is 5.32 Å². The number of carbonyl (C=O) groups is 3. The largest absolute Gasteiger partial charge is 0.457 e. The summed E-state index contributed by atoms with van der Waals surface area (Å²) in [5, 5.41) is 5.07. The minimum atomic E-state index is -0.421. The third-order valence-corrected chi connectivity index (χ3v) is 3.84. The smallest absolute Gasteiger partial charge is 0.259 e. The quantitative estimate of drug-likeness (QED) is 0.790. The summed E-state index contributed by atoms with van der Waals surface area (Å²) in [6.45, 7) is 2.04. The van der Waals surface area contributed by atoms with Crippen LogP contribution in [0.2, 0.25) is 0 Å². The molecule has 0 radical (unpaired) electrons. The number of fused-ring (bicyclic) bond motifs is 1. The van der Waals surface area contributed by atoms with Gasteiger partial charge in [-0.15, -0.1) is 0 Å². The van der Waals surface area contributed by atoms with Gasteiger partial charge in [0.1, 0.15) is 11.5 Å². The number of amides is 3. The van der Waals surface area contributed by atoms with Crippen molar-refractivity contribution in [1.29, 1.82) is 0 Å². The van der Waals surface area contributed by atoms with E-state index < -0.39 is 11.8 Å². The van der Waals surface area contributed by atoms with Crippen LogP contribution in [0.25, 0.3) is 0 Å². The Morgan fingerprint density at radius 1 is 1.00 bits per heavy atom. The number of hydrogen-bond acceptors (Lipinski definition) is 4. The van der Waals surface area contributed by atoms with Gasteiger partial charge < -0.3 is 10.1 Å². The second kappa shape index (κ2) is 7.17. The first kappa shape index (κ1) is 16.7. The highest BCUT2D eigenvalue weighted by Gasteiger charge is 2.26. The summed E-state index contributed by atoms with van der Waals surface area (Å²) in [6.07, 6.45) is 2.34. The Balaban J connectivity index is 1.66. The van der Waals surface area contributed by atoms with Crippen molar-refractivity contribution >= 4 is 23.4 Å². The van der Waals surface area contributed by atoms with E-state index in [9.17, 15) is 14.4 Å². The zero-order chi connectivity index (χ0) is 17.8. The Hall–Kier alpha value is -3.15. The van der Waals surface area contributed by atoms with E-state index >= 15 is 0 Å². The van der Waals surface area contributed by atoms with Gasteiger partial charge in [-0.3, -0.25) is 19.7 Å². The van der Waals surface area contributed by atoms with Crippen LogP contribution in [0.4, 0.5) is 5.69 Å². The molecule has 0 fully saturated rings. The highest BCUT2D eigenvalue weighted by Crippen LogP contribution is 2.27. The number of rotatable bonds is 6. The minimum absolute atomic E-state index is 0.00943. The average molecular weight is 338 g/mol. The zero-order valence-electron chi connectivity index (χ0n) is 13.8. The number of anilines is 1. The van der Waals surface area contributed by atoms with Gasteiger partial charge in [0.15, 0.2) is 0 Å². The predicted molar refractivity (Wildman–Crippen MR) is 92.9 cm³/mol. The summed E-state index contributed by atoms with van der Waals surface area (Å²) in [6, 6.07) is 11.7. The Kier molecular flexibility index (Phi) is 4.79. The van der Waals surface area contributed by atoms with Gasteiger partial charge in [-0.2, -0.15) is 0 Å². The first-order valence-corrected chi connectivity index (χ1v) is 8.14. The van der Waals surface area contributed by atoms with Gasteiger partial charge in [0, 0.05) is 12.1 Å². The molecule has 0 spiro atoms. The van der Waals surface area contributed by atoms with Gasteiger partial charge >= 0.3 is 0 Å². The highest BCUT2D eigenvalue weighted by molar-refractivity contribution is 6.21. The molecule has 1 heterocycles. The van der Waals surface area contributed by atoms with Crippen LogP contribution in [0, 0.1) is 0 Å². The Bertz CT molecular complexity index is 828. The molecule has 0 saturated carbocycles. The van der Waals surface area contributed by atoms with Gasteiger partial charge in [-0.05, 0) is 48.9 Å². The Morgan fingerprint density at radius 3 is 2.40 bits per heavy atom. The van der Waals surface area contributed by atoms with Crippen LogP contribution in [0.3, 0.4) is 0 Å². The van der Waals surface area contributed by atoms with E-state index in [4.69, 9.17) is 4.74 Å². The second-order valence-corrected chi connectivity index (χ2v) is 5.77. The molecule has 1 aliphatic rings. The summed E-state index contributed by atoms with van der Waals surface area (Å²) in [4.78, 5) is 34.9. The van der Waals surface area contributed by atoms with E-state index in [-0.39, 0.29) is 5.91 Å². The molecule has 0 bridgehead atoms. The maximum atomic E-state index is 11.7. The van der Waals surface area contributed by atoms with E-state index in [0.717, 1.165) is 12.8 Å². The molecule has 6 nitrogen and oxygen atoms in total. The molecule has 0 aromatic heterocycles. The van der Waals surface area contributed by atoms with Gasteiger partial charge in [-0.25, -0.2) is 0 Å². The molecule has 3 amide bonds. The summed E-state index contributed by atoms with van der Waals surface area (Å²) in [5.74, 6) is 0.203. The summed E-state index contributed by atoms with van der Waals surface area (Å²) in [5.41, 5.74) is 1.36. The van der Waals surface area contributed by atoms with Gasteiger partial charge in [0.25, 0.3) is 11.8 Å². The number of imide groups is 1. The lowest BCUT2D eigenvalue weighted by atomic mass is 10.1. The van der Waals surface area contributed by atoms with Crippen molar-refractivity contribution < 1.29 is 19.1 Å². The van der Waals surface area contributed by atoms with Crippen molar-refractivity contribution in [3.63, 3.8) is 0 Å². The third-order valence-electron chi connectivity index (χ3n) is 3.84. The second-order valence-electron chi connectivity index (χ2n) is 5.77. The van der Waals surface area contributed by atoms with Gasteiger partial charge in [0.2, 0.25) is 5.91 Å². The van der Waals surface area contributed by atoms with Crippen molar-refractivity contribution in [1.82, 2.24) is 5.32 Å². The molecule has 1 aliphatic heterocycles. The number of nitrogens with one attached hydrogen (secondary N) is 2. The molecule has 128 valence electrons. The van der Waals surface area contributed by atoms with E-state index in [0.29, 0.717) is 34.7 Å². The first-order valence-electron chi connectivity index (χ1n) is 8.14. The fourth-order valence-corrected chi connectivity index (χ4v) is 2.51. The minimum Gasteiger partial charge on any atom is -0.457 e. The van der Waals surface area contributed by atoms with Crippen molar-refractivity contribution in [2.45, 2.75) is 26.2 Å². The molecule has 6 heteroatoms. The van der Waals surface area contributed by atoms with E-state index in [1.807, 2.05) is 6.92 Å². The van der Waals surface area contributed by atoms with Crippen LogP contribution in [0.1, 0.15) is 46.9 Å². The molecule has 2 N–H and O–H groups in total. The summed E-state index contributed by atoms with van der Waals surface area (Å²) in [7, 11) is 0. The highest BCUT2D eigenvalue weighted by atomic mass is 16.5. The zero-order valence-corrected chi connectivity index (χ0v) is 13.8. The monoisotopic (exact) mass is 338 g/mol. The molecular formula is C19H18N2O4. The summed E-state index contributed by atoms with van der Waals surface area (Å²) < 4.78 is 5.71. The predicted octanol–water partition coefficient (Wildman–Crippen LogP) is 3.49. The Labute approximate surface area is 145 Å². The van der Waals surface area contributed by atoms with Crippen LogP contribution < -0.4 is 15.4 Å². The summed E-state index contributed by atoms with van der Waals surface area (Å²) >= 11 is 0. The lowest BCUT2D eigenvalue weighted by molar-refractivity contribution is -0.116. The van der Waals surface area contributed by atoms with Gasteiger partial charge in [-0.1, -0.05) is 13.3 Å². The number of carbonyl (C=O) groups excluding carboxylic acids is 3. The SMILES string of the molecule is CCCCC(=O)Nc1ccc(Oc2ccc3c(c2)C(=O)NC3=O)cc1. The van der Waals surface area contributed by atoms with E-state index in [1.54, 1.807) is 36.4 Å². The molecule has 25 heavy (non-hydrogen) atoms. The average Bonchev–Trinajstić information content (AvgIpc) is 2.89. The van der Waals surface area contributed by atoms with E-state index in [1.165, 1.54) is 6.07 Å². The van der Waals surface area contributed by atoms with Crippen LogP contribution in [0.15, 0.2) is 42.5 Å². The van der Waals surface area contributed by atoms with Crippen molar-refractivity contribution in [3.8, 4) is 11.5 Å². The first-order chi connectivity index (χ1) is 12.1. The number of unbranched alkanes of at least 4 members (excludes halogenated alkanes) is 1. The molecule has 0 saturated heterocycles. The molecule has 0 aliphatic carbocycles. The third kappa shape index (κ3) is 3.85. The molecular weight excluding hydrogens is 320 g/mol. The van der Waals surface area contributed by atoms with Crippen molar-refractivity contribution in [2.24, 2.45) is 0 Å². The number of benzene rings is 2. The molecule has 2 aromatic carbocycles. The number of hydrogen-bond donors (Lipinski definition) is 2. The van der Waals surface area contributed by atoms with Crippen LogP contribution >= 0.6 is 0 Å². The maximum absolute atomic E-state index is 11.7. The van der Waals surface area contributed by atoms with Crippen LogP contribution in [-0.4, -0.2) is 17.7 Å². The Morgan fingerprint density at radius 2 is 1.68 bits per heavy atom. The normalized spacial score (nSPS) is 12.5. The molecule has 2 aromatic rings. The standard InChI is InChI=1S/C19H18N2O4/c1-2-3-4-17(22)20-12-5-7-13(8-6-12)25-14-9-10-15-16(11-14)19(24)21-18(15)23/h5-11H,2-4H2,1H3,(H,20,22)(H,21,23,24). The maximum Gasteiger partial charge on any atom is 0.259 e. The molecule has 3 rings (SSSR count). The van der Waals surface area contributed by atoms with Gasteiger partial charge in [0.05, 0.1) is 11.1 Å². The van der Waals surface area contributed by atoms with Crippen LogP contribution in [0.5, 0.6) is 11.5 Å². The van der Waals surface area contributed by atoms with Crippen LogP contribution in [-0.2, 0) is 4.79 Å². The molecule has 0 unspecified atom stereocenters. The lowest BCUT2D eigenvalue weighted by Gasteiger charge is -2.08. The fourth-order valence-electron chi connectivity index (χ4n) is 2.51. The molecule has 0 atom stereocenters. The number of ether oxygens (including phenoxy) is 1. The topological polar surface area (TPSA) is 84.5 Å². The fraction of sp³-hybridized carbons (Fsp3) is 0.211.